The monoisotopic (exact) mass is 577 g/mol. The number of hydrogen-bond acceptors (Lipinski definition) is 6. The van der Waals surface area contributed by atoms with Gasteiger partial charge in [-0.25, -0.2) is 5.01 Å². The Kier molecular flexibility index (Phi) is 8.57. The number of benzene rings is 4. The van der Waals surface area contributed by atoms with Crippen LogP contribution in [0.15, 0.2) is 96.1 Å². The molecule has 1 aliphatic rings. The Morgan fingerprint density at radius 2 is 1.60 bits per heavy atom. The van der Waals surface area contributed by atoms with Gasteiger partial charge in [0.25, 0.3) is 11.8 Å². The van der Waals surface area contributed by atoms with Crippen molar-refractivity contribution in [2.75, 3.05) is 20.3 Å². The number of esters is 1. The maximum atomic E-state index is 13.3. The number of hydrogen-bond donors (Lipinski definition) is 1. The fourth-order valence-corrected chi connectivity index (χ4v) is 5.00. The Bertz CT molecular complexity index is 1670. The zero-order chi connectivity index (χ0) is 30.6. The molecule has 4 aromatic rings. The highest BCUT2D eigenvalue weighted by molar-refractivity contribution is 6.05. The fraction of sp³-hybridized carbons (Fsp3) is 0.257. The molecule has 0 saturated heterocycles. The van der Waals surface area contributed by atoms with Crippen LogP contribution in [0.2, 0.25) is 0 Å². The molecule has 8 nitrogen and oxygen atoms in total. The van der Waals surface area contributed by atoms with Gasteiger partial charge in [0.05, 0.1) is 18.9 Å². The summed E-state index contributed by atoms with van der Waals surface area (Å²) >= 11 is 0. The summed E-state index contributed by atoms with van der Waals surface area (Å²) in [6.07, 6.45) is 0.494. The van der Waals surface area contributed by atoms with E-state index in [1.807, 2.05) is 72.8 Å². The number of rotatable bonds is 8. The van der Waals surface area contributed by atoms with E-state index < -0.39 is 24.4 Å². The SMILES string of the molecule is COc1ccc(C2CC(c3ccc4ccccc4c3)=NN2C(=O)COC(=O)CNC(=O)c2ccc(C(C)(C)C)cc2)cc1. The van der Waals surface area contributed by atoms with Crippen LogP contribution in [0, 0.1) is 0 Å². The van der Waals surface area contributed by atoms with E-state index in [4.69, 9.17) is 9.47 Å². The van der Waals surface area contributed by atoms with Crippen molar-refractivity contribution < 1.29 is 23.9 Å². The predicted octanol–water partition coefficient (Wildman–Crippen LogP) is 5.80. The van der Waals surface area contributed by atoms with E-state index in [0.717, 1.165) is 33.2 Å². The fourth-order valence-electron chi connectivity index (χ4n) is 5.00. The Morgan fingerprint density at radius 3 is 2.28 bits per heavy atom. The number of fused-ring (bicyclic) bond motifs is 1. The number of hydrazone groups is 1. The van der Waals surface area contributed by atoms with Gasteiger partial charge in [-0.3, -0.25) is 14.4 Å². The van der Waals surface area contributed by atoms with Crippen LogP contribution in [0.3, 0.4) is 0 Å². The highest BCUT2D eigenvalue weighted by Gasteiger charge is 2.33. The Balaban J connectivity index is 1.25. The van der Waals surface area contributed by atoms with Gasteiger partial charge in [-0.1, -0.05) is 81.4 Å². The molecule has 0 spiro atoms. The number of carbonyl (C=O) groups excluding carboxylic acids is 3. The molecule has 4 aromatic carbocycles. The predicted molar refractivity (Wildman–Crippen MR) is 166 cm³/mol. The number of carbonyl (C=O) groups is 3. The number of methoxy groups -OCH3 is 1. The quantitative estimate of drug-likeness (QED) is 0.267. The summed E-state index contributed by atoms with van der Waals surface area (Å²) in [4.78, 5) is 38.3. The molecule has 0 saturated carbocycles. The summed E-state index contributed by atoms with van der Waals surface area (Å²) in [6.45, 7) is 5.42. The van der Waals surface area contributed by atoms with E-state index >= 15 is 0 Å². The highest BCUT2D eigenvalue weighted by atomic mass is 16.5. The lowest BCUT2D eigenvalue weighted by atomic mass is 9.87. The molecule has 0 fully saturated rings. The molecule has 0 bridgehead atoms. The van der Waals surface area contributed by atoms with Crippen molar-refractivity contribution >= 4 is 34.3 Å². The number of nitrogens with one attached hydrogen (secondary N) is 1. The molecule has 1 N–H and O–H groups in total. The van der Waals surface area contributed by atoms with Crippen LogP contribution < -0.4 is 10.1 Å². The van der Waals surface area contributed by atoms with Gasteiger partial charge in [0.15, 0.2) is 6.61 Å². The first kappa shape index (κ1) is 29.5. The van der Waals surface area contributed by atoms with Gasteiger partial charge in [0.1, 0.15) is 12.3 Å². The van der Waals surface area contributed by atoms with Gasteiger partial charge in [0, 0.05) is 12.0 Å². The Hall–Kier alpha value is -4.98. The van der Waals surface area contributed by atoms with Crippen LogP contribution >= 0.6 is 0 Å². The van der Waals surface area contributed by atoms with Crippen LogP contribution in [0.5, 0.6) is 5.75 Å². The first-order chi connectivity index (χ1) is 20.6. The summed E-state index contributed by atoms with van der Waals surface area (Å²) in [5.41, 5.74) is 4.06. The first-order valence-corrected chi connectivity index (χ1v) is 14.2. The van der Waals surface area contributed by atoms with Crippen LogP contribution in [0.4, 0.5) is 0 Å². The maximum Gasteiger partial charge on any atom is 0.325 e. The molecule has 5 rings (SSSR count). The van der Waals surface area contributed by atoms with E-state index in [1.54, 1.807) is 19.2 Å². The lowest BCUT2D eigenvalue weighted by Gasteiger charge is -2.22. The molecular formula is C35H35N3O5. The van der Waals surface area contributed by atoms with Crippen molar-refractivity contribution in [2.24, 2.45) is 5.10 Å². The van der Waals surface area contributed by atoms with E-state index in [1.165, 1.54) is 5.01 Å². The van der Waals surface area contributed by atoms with E-state index in [0.29, 0.717) is 17.7 Å². The van der Waals surface area contributed by atoms with Gasteiger partial charge < -0.3 is 14.8 Å². The molecule has 43 heavy (non-hydrogen) atoms. The minimum atomic E-state index is -0.716. The summed E-state index contributed by atoms with van der Waals surface area (Å²) in [5, 5.41) is 10.8. The van der Waals surface area contributed by atoms with Crippen molar-refractivity contribution in [2.45, 2.75) is 38.6 Å². The average Bonchev–Trinajstić information content (AvgIpc) is 3.47. The van der Waals surface area contributed by atoms with Crippen molar-refractivity contribution in [1.29, 1.82) is 0 Å². The number of ether oxygens (including phenoxy) is 2. The molecule has 1 unspecified atom stereocenters. The Morgan fingerprint density at radius 1 is 0.907 bits per heavy atom. The van der Waals surface area contributed by atoms with Gasteiger partial charge in [-0.15, -0.1) is 0 Å². The molecule has 220 valence electrons. The summed E-state index contributed by atoms with van der Waals surface area (Å²) in [6, 6.07) is 28.5. The lowest BCUT2D eigenvalue weighted by Crippen LogP contribution is -2.34. The smallest absolute Gasteiger partial charge is 0.325 e. The largest absolute Gasteiger partial charge is 0.497 e. The van der Waals surface area contributed by atoms with Gasteiger partial charge in [0.2, 0.25) is 0 Å². The van der Waals surface area contributed by atoms with Gasteiger partial charge >= 0.3 is 5.97 Å². The van der Waals surface area contributed by atoms with Gasteiger partial charge in [-0.05, 0) is 63.2 Å². The normalized spacial score (nSPS) is 14.7. The van der Waals surface area contributed by atoms with Crippen LogP contribution in [-0.2, 0) is 19.7 Å². The summed E-state index contributed by atoms with van der Waals surface area (Å²) in [5.74, 6) is -0.870. The topological polar surface area (TPSA) is 97.3 Å². The van der Waals surface area contributed by atoms with Crippen LogP contribution in [0.25, 0.3) is 10.8 Å². The van der Waals surface area contributed by atoms with Crippen LogP contribution in [0.1, 0.15) is 60.3 Å². The molecule has 8 heteroatoms. The van der Waals surface area contributed by atoms with E-state index in [-0.39, 0.29) is 18.0 Å². The molecule has 1 heterocycles. The third kappa shape index (κ3) is 6.92. The number of nitrogens with zero attached hydrogens (tertiary/aromatic N) is 2. The average molecular weight is 578 g/mol. The standard InChI is InChI=1S/C35H35N3O5/c1-35(2,3)28-15-11-25(12-16-28)34(41)36-21-33(40)43-22-32(39)38-31(24-13-17-29(42-4)18-14-24)20-30(37-38)27-10-9-23-7-5-6-8-26(23)19-27/h5-19,31H,20-22H2,1-4H3,(H,36,41). The molecular weight excluding hydrogens is 542 g/mol. The van der Waals surface area contributed by atoms with Crippen molar-refractivity contribution in [3.63, 3.8) is 0 Å². The third-order valence-corrected chi connectivity index (χ3v) is 7.51. The number of amides is 2. The third-order valence-electron chi connectivity index (χ3n) is 7.51. The molecule has 0 aromatic heterocycles. The zero-order valence-corrected chi connectivity index (χ0v) is 24.8. The van der Waals surface area contributed by atoms with E-state index in [9.17, 15) is 14.4 Å². The van der Waals surface area contributed by atoms with Crippen molar-refractivity contribution in [3.05, 3.63) is 113 Å². The zero-order valence-electron chi connectivity index (χ0n) is 24.8. The molecule has 0 aliphatic carbocycles. The van der Waals surface area contributed by atoms with E-state index in [2.05, 4.69) is 37.3 Å². The second-order valence-electron chi connectivity index (χ2n) is 11.5. The van der Waals surface area contributed by atoms with Gasteiger partial charge in [-0.2, -0.15) is 5.10 Å². The minimum absolute atomic E-state index is 0.0344. The summed E-state index contributed by atoms with van der Waals surface area (Å²) in [7, 11) is 1.60. The van der Waals surface area contributed by atoms with Crippen molar-refractivity contribution in [1.82, 2.24) is 10.3 Å². The van der Waals surface area contributed by atoms with Crippen LogP contribution in [-0.4, -0.2) is 48.8 Å². The molecule has 0 radical (unpaired) electrons. The second kappa shape index (κ2) is 12.5. The molecule has 1 atom stereocenters. The molecule has 2 amide bonds. The summed E-state index contributed by atoms with van der Waals surface area (Å²) < 4.78 is 10.5. The minimum Gasteiger partial charge on any atom is -0.497 e. The maximum absolute atomic E-state index is 13.3. The lowest BCUT2D eigenvalue weighted by molar-refractivity contribution is -0.152. The first-order valence-electron chi connectivity index (χ1n) is 14.2. The second-order valence-corrected chi connectivity index (χ2v) is 11.5. The van der Waals surface area contributed by atoms with Crippen molar-refractivity contribution in [3.8, 4) is 5.75 Å². The molecule has 1 aliphatic heterocycles. The highest BCUT2D eigenvalue weighted by Crippen LogP contribution is 2.34. The Labute approximate surface area is 251 Å².